The number of benzene rings is 2. The number of anilines is 2. The Bertz CT molecular complexity index is 924. The van der Waals surface area contributed by atoms with Crippen LogP contribution in [0.4, 0.5) is 11.4 Å². The van der Waals surface area contributed by atoms with E-state index in [0.717, 1.165) is 56.6 Å². The fourth-order valence-corrected chi connectivity index (χ4v) is 3.89. The van der Waals surface area contributed by atoms with Crippen molar-refractivity contribution in [1.82, 2.24) is 5.32 Å². The zero-order valence-electron chi connectivity index (χ0n) is 20.4. The SMILES string of the molecule is CCCCOc1ccc(C(=O)Nc2ccc(N3CCCC3)c(C(=O)NCCCOCC)c2)cc1. The van der Waals surface area contributed by atoms with Gasteiger partial charge in [-0.1, -0.05) is 13.3 Å². The molecule has 1 aliphatic heterocycles. The summed E-state index contributed by atoms with van der Waals surface area (Å²) >= 11 is 0. The van der Waals surface area contributed by atoms with Gasteiger partial charge in [-0.2, -0.15) is 0 Å². The van der Waals surface area contributed by atoms with Crippen LogP contribution in [0.1, 0.15) is 66.7 Å². The average Bonchev–Trinajstić information content (AvgIpc) is 3.39. The Morgan fingerprint density at radius 1 is 0.941 bits per heavy atom. The van der Waals surface area contributed by atoms with E-state index < -0.39 is 0 Å². The molecule has 0 unspecified atom stereocenters. The van der Waals surface area contributed by atoms with E-state index in [9.17, 15) is 9.59 Å². The fraction of sp³-hybridized carbons (Fsp3) is 0.481. The van der Waals surface area contributed by atoms with Crippen LogP contribution >= 0.6 is 0 Å². The first-order valence-electron chi connectivity index (χ1n) is 12.4. The van der Waals surface area contributed by atoms with E-state index in [1.54, 1.807) is 18.2 Å². The van der Waals surface area contributed by atoms with Gasteiger partial charge in [-0.25, -0.2) is 0 Å². The normalized spacial score (nSPS) is 13.1. The van der Waals surface area contributed by atoms with Crippen molar-refractivity contribution in [3.8, 4) is 5.75 Å². The Labute approximate surface area is 202 Å². The Kier molecular flexibility index (Phi) is 10.2. The summed E-state index contributed by atoms with van der Waals surface area (Å²) in [5, 5.41) is 5.92. The average molecular weight is 468 g/mol. The number of amides is 2. The zero-order valence-corrected chi connectivity index (χ0v) is 20.4. The molecule has 2 aromatic rings. The third-order valence-electron chi connectivity index (χ3n) is 5.78. The lowest BCUT2D eigenvalue weighted by Crippen LogP contribution is -2.29. The van der Waals surface area contributed by atoms with Gasteiger partial charge in [0.2, 0.25) is 0 Å². The molecule has 7 nitrogen and oxygen atoms in total. The van der Waals surface area contributed by atoms with Crippen LogP contribution in [0.15, 0.2) is 42.5 Å². The molecule has 2 N–H and O–H groups in total. The minimum absolute atomic E-state index is 0.136. The van der Waals surface area contributed by atoms with Crippen molar-refractivity contribution in [2.45, 2.75) is 46.0 Å². The highest BCUT2D eigenvalue weighted by molar-refractivity contribution is 6.06. The third-order valence-corrected chi connectivity index (χ3v) is 5.78. The van der Waals surface area contributed by atoms with Crippen molar-refractivity contribution in [2.75, 3.05) is 49.7 Å². The zero-order chi connectivity index (χ0) is 24.2. The van der Waals surface area contributed by atoms with Gasteiger partial charge in [-0.05, 0) is 75.1 Å². The number of nitrogens with zero attached hydrogens (tertiary/aromatic N) is 1. The molecular formula is C27H37N3O4. The van der Waals surface area contributed by atoms with Gasteiger partial charge in [0.25, 0.3) is 11.8 Å². The van der Waals surface area contributed by atoms with Crippen LogP contribution in [0.2, 0.25) is 0 Å². The highest BCUT2D eigenvalue weighted by atomic mass is 16.5. The predicted molar refractivity (Wildman–Crippen MR) is 136 cm³/mol. The van der Waals surface area contributed by atoms with Crippen LogP contribution < -0.4 is 20.3 Å². The van der Waals surface area contributed by atoms with Gasteiger partial charge in [0.15, 0.2) is 0 Å². The molecule has 0 bridgehead atoms. The van der Waals surface area contributed by atoms with Gasteiger partial charge in [-0.3, -0.25) is 9.59 Å². The number of unbranched alkanes of at least 4 members (excludes halogenated alkanes) is 1. The van der Waals surface area contributed by atoms with Crippen LogP contribution in [0.25, 0.3) is 0 Å². The molecule has 1 saturated heterocycles. The summed E-state index contributed by atoms with van der Waals surface area (Å²) in [6.07, 6.45) is 5.06. The van der Waals surface area contributed by atoms with E-state index in [1.807, 2.05) is 31.2 Å². The number of carbonyl (C=O) groups excluding carboxylic acids is 2. The third kappa shape index (κ3) is 7.48. The first-order chi connectivity index (χ1) is 16.6. The number of rotatable bonds is 13. The van der Waals surface area contributed by atoms with Gasteiger partial charge in [-0.15, -0.1) is 0 Å². The van der Waals surface area contributed by atoms with Gasteiger partial charge in [0.05, 0.1) is 12.2 Å². The smallest absolute Gasteiger partial charge is 0.255 e. The fourth-order valence-electron chi connectivity index (χ4n) is 3.89. The van der Waals surface area contributed by atoms with E-state index in [1.165, 1.54) is 0 Å². The molecule has 0 saturated carbocycles. The minimum Gasteiger partial charge on any atom is -0.494 e. The van der Waals surface area contributed by atoms with E-state index in [-0.39, 0.29) is 11.8 Å². The molecule has 1 heterocycles. The molecule has 0 spiro atoms. The van der Waals surface area contributed by atoms with Crippen molar-refractivity contribution < 1.29 is 19.1 Å². The second-order valence-electron chi connectivity index (χ2n) is 8.41. The molecule has 0 aromatic heterocycles. The molecule has 0 aliphatic carbocycles. The van der Waals surface area contributed by atoms with Crippen molar-refractivity contribution in [3.63, 3.8) is 0 Å². The van der Waals surface area contributed by atoms with Crippen molar-refractivity contribution in [1.29, 1.82) is 0 Å². The van der Waals surface area contributed by atoms with Gasteiger partial charge < -0.3 is 25.0 Å². The van der Waals surface area contributed by atoms with Crippen LogP contribution in [0, 0.1) is 0 Å². The monoisotopic (exact) mass is 467 g/mol. The summed E-state index contributed by atoms with van der Waals surface area (Å²) in [6, 6.07) is 12.7. The van der Waals surface area contributed by atoms with Crippen molar-refractivity contribution in [2.24, 2.45) is 0 Å². The summed E-state index contributed by atoms with van der Waals surface area (Å²) in [6.45, 7) is 8.44. The van der Waals surface area contributed by atoms with E-state index in [0.29, 0.717) is 43.2 Å². The Hall–Kier alpha value is -3.06. The molecule has 3 rings (SSSR count). The minimum atomic E-state index is -0.225. The summed E-state index contributed by atoms with van der Waals surface area (Å²) in [5.41, 5.74) is 2.62. The molecule has 1 aliphatic rings. The maximum atomic E-state index is 13.0. The van der Waals surface area contributed by atoms with E-state index >= 15 is 0 Å². The Balaban J connectivity index is 1.68. The Morgan fingerprint density at radius 3 is 2.41 bits per heavy atom. The molecule has 7 heteroatoms. The second-order valence-corrected chi connectivity index (χ2v) is 8.41. The first kappa shape index (κ1) is 25.6. The van der Waals surface area contributed by atoms with Gasteiger partial charge in [0.1, 0.15) is 5.75 Å². The first-order valence-corrected chi connectivity index (χ1v) is 12.4. The van der Waals surface area contributed by atoms with Crippen molar-refractivity contribution in [3.05, 3.63) is 53.6 Å². The van der Waals surface area contributed by atoms with Crippen LogP contribution in [0.3, 0.4) is 0 Å². The number of ether oxygens (including phenoxy) is 2. The predicted octanol–water partition coefficient (Wildman–Crippen LogP) is 4.87. The number of hydrogen-bond acceptors (Lipinski definition) is 5. The van der Waals surface area contributed by atoms with E-state index in [2.05, 4.69) is 22.5 Å². The maximum absolute atomic E-state index is 13.0. The van der Waals surface area contributed by atoms with E-state index in [4.69, 9.17) is 9.47 Å². The number of nitrogens with one attached hydrogen (secondary N) is 2. The number of hydrogen-bond donors (Lipinski definition) is 2. The highest BCUT2D eigenvalue weighted by Gasteiger charge is 2.20. The number of carbonyl (C=O) groups is 2. The summed E-state index contributed by atoms with van der Waals surface area (Å²) < 4.78 is 11.0. The van der Waals surface area contributed by atoms with Gasteiger partial charge in [0, 0.05) is 49.8 Å². The molecule has 184 valence electrons. The highest BCUT2D eigenvalue weighted by Crippen LogP contribution is 2.28. The second kappa shape index (κ2) is 13.6. The summed E-state index contributed by atoms with van der Waals surface area (Å²) in [7, 11) is 0. The van der Waals surface area contributed by atoms with Crippen molar-refractivity contribution >= 4 is 23.2 Å². The van der Waals surface area contributed by atoms with Crippen LogP contribution in [0.5, 0.6) is 5.75 Å². The molecule has 0 atom stereocenters. The lowest BCUT2D eigenvalue weighted by Gasteiger charge is -2.22. The van der Waals surface area contributed by atoms with Gasteiger partial charge >= 0.3 is 0 Å². The molecule has 0 radical (unpaired) electrons. The molecule has 2 amide bonds. The standard InChI is InChI=1S/C27H37N3O4/c1-3-5-19-34-23-12-9-21(10-13-23)26(31)29-22-11-14-25(30-16-6-7-17-30)24(20-22)27(32)28-15-8-18-33-4-2/h9-14,20H,3-8,15-19H2,1-2H3,(H,28,32)(H,29,31). The summed E-state index contributed by atoms with van der Waals surface area (Å²) in [4.78, 5) is 28.0. The lowest BCUT2D eigenvalue weighted by molar-refractivity contribution is 0.0943. The summed E-state index contributed by atoms with van der Waals surface area (Å²) in [5.74, 6) is 0.392. The maximum Gasteiger partial charge on any atom is 0.255 e. The van der Waals surface area contributed by atoms with Crippen LogP contribution in [-0.4, -0.2) is 51.3 Å². The lowest BCUT2D eigenvalue weighted by atomic mass is 10.1. The molecule has 34 heavy (non-hydrogen) atoms. The van der Waals surface area contributed by atoms with Crippen LogP contribution in [-0.2, 0) is 4.74 Å². The molecule has 2 aromatic carbocycles. The molecule has 1 fully saturated rings. The molecular weight excluding hydrogens is 430 g/mol. The topological polar surface area (TPSA) is 79.9 Å². The largest absolute Gasteiger partial charge is 0.494 e. The Morgan fingerprint density at radius 2 is 1.71 bits per heavy atom. The quantitative estimate of drug-likeness (QED) is 0.411.